The van der Waals surface area contributed by atoms with Gasteiger partial charge in [0.25, 0.3) is 0 Å². The van der Waals surface area contributed by atoms with Gasteiger partial charge in [-0.25, -0.2) is 0 Å². The third-order valence-corrected chi connectivity index (χ3v) is 2.90. The first kappa shape index (κ1) is 11.9. The van der Waals surface area contributed by atoms with E-state index in [0.717, 1.165) is 18.5 Å². The number of benzene rings is 1. The van der Waals surface area contributed by atoms with Crippen LogP contribution in [0.15, 0.2) is 47.3 Å². The van der Waals surface area contributed by atoms with Crippen LogP contribution >= 0.6 is 0 Å². The maximum absolute atomic E-state index is 5.09. The predicted octanol–water partition coefficient (Wildman–Crippen LogP) is 3.49. The summed E-state index contributed by atoms with van der Waals surface area (Å²) in [4.78, 5) is 0. The molecule has 0 radical (unpaired) electrons. The summed E-state index contributed by atoms with van der Waals surface area (Å²) < 4.78 is 5.09. The van der Waals surface area contributed by atoms with Crippen LogP contribution in [0.1, 0.15) is 19.4 Å². The molecule has 2 nitrogen and oxygen atoms in total. The molecule has 0 saturated heterocycles. The Bertz CT molecular complexity index is 430. The number of hydrogen-bond donors (Lipinski definition) is 1. The lowest BCUT2D eigenvalue weighted by Gasteiger charge is -2.12. The Morgan fingerprint density at radius 3 is 2.47 bits per heavy atom. The molecule has 1 aromatic carbocycles. The van der Waals surface area contributed by atoms with Crippen molar-refractivity contribution in [2.75, 3.05) is 6.54 Å². The van der Waals surface area contributed by atoms with Gasteiger partial charge in [0.2, 0.25) is 0 Å². The van der Waals surface area contributed by atoms with E-state index in [0.29, 0.717) is 6.04 Å². The molecule has 17 heavy (non-hydrogen) atoms. The lowest BCUT2D eigenvalue weighted by molar-refractivity contribution is 0.565. The van der Waals surface area contributed by atoms with Crippen molar-refractivity contribution in [2.45, 2.75) is 26.3 Å². The minimum atomic E-state index is 0.528. The summed E-state index contributed by atoms with van der Waals surface area (Å²) >= 11 is 0. The van der Waals surface area contributed by atoms with Gasteiger partial charge in [0, 0.05) is 11.6 Å². The molecule has 2 rings (SSSR count). The first-order valence-corrected chi connectivity index (χ1v) is 6.14. The van der Waals surface area contributed by atoms with E-state index in [1.807, 2.05) is 6.07 Å². The van der Waals surface area contributed by atoms with Crippen molar-refractivity contribution in [3.8, 4) is 11.1 Å². The molecule has 0 fully saturated rings. The minimum absolute atomic E-state index is 0.528. The zero-order valence-electron chi connectivity index (χ0n) is 10.4. The van der Waals surface area contributed by atoms with E-state index >= 15 is 0 Å². The molecule has 0 saturated carbocycles. The highest BCUT2D eigenvalue weighted by Crippen LogP contribution is 2.20. The maximum atomic E-state index is 5.09. The van der Waals surface area contributed by atoms with Gasteiger partial charge in [-0.15, -0.1) is 0 Å². The quantitative estimate of drug-likeness (QED) is 0.849. The third-order valence-electron chi connectivity index (χ3n) is 2.90. The van der Waals surface area contributed by atoms with Crippen LogP contribution in [0.25, 0.3) is 11.1 Å². The van der Waals surface area contributed by atoms with Crippen LogP contribution in [0.5, 0.6) is 0 Å². The van der Waals surface area contributed by atoms with Crippen LogP contribution in [0.2, 0.25) is 0 Å². The first-order valence-electron chi connectivity index (χ1n) is 6.14. The van der Waals surface area contributed by atoms with Crippen molar-refractivity contribution >= 4 is 0 Å². The molecule has 0 aliphatic rings. The van der Waals surface area contributed by atoms with Crippen molar-refractivity contribution in [1.82, 2.24) is 5.32 Å². The molecule has 1 N–H and O–H groups in total. The number of nitrogens with one attached hydrogen (secondary N) is 1. The van der Waals surface area contributed by atoms with Gasteiger partial charge < -0.3 is 9.73 Å². The molecule has 1 aromatic heterocycles. The molecule has 0 aliphatic carbocycles. The summed E-state index contributed by atoms with van der Waals surface area (Å²) in [6.45, 7) is 5.38. The Morgan fingerprint density at radius 2 is 1.88 bits per heavy atom. The summed E-state index contributed by atoms with van der Waals surface area (Å²) in [6.07, 6.45) is 4.55. The van der Waals surface area contributed by atoms with Crippen LogP contribution < -0.4 is 5.32 Å². The van der Waals surface area contributed by atoms with Crippen molar-refractivity contribution in [3.63, 3.8) is 0 Å². The van der Waals surface area contributed by atoms with Crippen molar-refractivity contribution in [2.24, 2.45) is 0 Å². The van der Waals surface area contributed by atoms with Crippen molar-refractivity contribution in [3.05, 3.63) is 48.4 Å². The highest BCUT2D eigenvalue weighted by molar-refractivity contribution is 5.62. The molecule has 1 unspecified atom stereocenters. The van der Waals surface area contributed by atoms with E-state index in [9.17, 15) is 0 Å². The van der Waals surface area contributed by atoms with Crippen LogP contribution in [-0.4, -0.2) is 12.6 Å². The lowest BCUT2D eigenvalue weighted by atomic mass is 10.0. The standard InChI is InChI=1S/C15H19NO/c1-3-16-12(2)10-13-4-6-14(7-5-13)15-8-9-17-11-15/h4-9,11-12,16H,3,10H2,1-2H3. The van der Waals surface area contributed by atoms with E-state index in [-0.39, 0.29) is 0 Å². The van der Waals surface area contributed by atoms with E-state index in [1.165, 1.54) is 11.1 Å². The van der Waals surface area contributed by atoms with Crippen LogP contribution in [0, 0.1) is 0 Å². The summed E-state index contributed by atoms with van der Waals surface area (Å²) in [5.41, 5.74) is 3.71. The van der Waals surface area contributed by atoms with Crippen LogP contribution in [0.4, 0.5) is 0 Å². The van der Waals surface area contributed by atoms with E-state index in [4.69, 9.17) is 4.42 Å². The van der Waals surface area contributed by atoms with Crippen molar-refractivity contribution in [1.29, 1.82) is 0 Å². The predicted molar refractivity (Wildman–Crippen MR) is 71.0 cm³/mol. The summed E-state index contributed by atoms with van der Waals surface area (Å²) in [7, 11) is 0. The zero-order valence-corrected chi connectivity index (χ0v) is 10.4. The molecular weight excluding hydrogens is 210 g/mol. The second-order valence-electron chi connectivity index (χ2n) is 4.37. The van der Waals surface area contributed by atoms with Crippen LogP contribution in [0.3, 0.4) is 0 Å². The molecule has 1 heterocycles. The highest BCUT2D eigenvalue weighted by Gasteiger charge is 2.03. The second-order valence-corrected chi connectivity index (χ2v) is 4.37. The molecule has 2 heteroatoms. The lowest BCUT2D eigenvalue weighted by Crippen LogP contribution is -2.27. The molecule has 0 bridgehead atoms. The average Bonchev–Trinajstić information content (AvgIpc) is 2.84. The van der Waals surface area contributed by atoms with E-state index in [2.05, 4.69) is 43.4 Å². The Hall–Kier alpha value is -1.54. The largest absolute Gasteiger partial charge is 0.472 e. The number of furan rings is 1. The second kappa shape index (κ2) is 5.69. The van der Waals surface area contributed by atoms with Gasteiger partial charge in [-0.1, -0.05) is 31.2 Å². The molecule has 1 atom stereocenters. The topological polar surface area (TPSA) is 25.2 Å². The Kier molecular flexibility index (Phi) is 3.99. The Labute approximate surface area is 103 Å². The van der Waals surface area contributed by atoms with Crippen molar-refractivity contribution < 1.29 is 4.42 Å². The highest BCUT2D eigenvalue weighted by atomic mass is 16.3. The summed E-state index contributed by atoms with van der Waals surface area (Å²) in [5, 5.41) is 3.42. The van der Waals surface area contributed by atoms with Gasteiger partial charge in [-0.3, -0.25) is 0 Å². The smallest absolute Gasteiger partial charge is 0.0980 e. The van der Waals surface area contributed by atoms with Crippen LogP contribution in [-0.2, 0) is 6.42 Å². The molecule has 0 aliphatic heterocycles. The molecule has 0 amide bonds. The fraction of sp³-hybridized carbons (Fsp3) is 0.333. The minimum Gasteiger partial charge on any atom is -0.472 e. The summed E-state index contributed by atoms with van der Waals surface area (Å²) in [5.74, 6) is 0. The van der Waals surface area contributed by atoms with Gasteiger partial charge in [0.05, 0.1) is 12.5 Å². The number of likely N-dealkylation sites (N-methyl/N-ethyl adjacent to an activating group) is 1. The number of rotatable bonds is 5. The SMILES string of the molecule is CCNC(C)Cc1ccc(-c2ccoc2)cc1. The molecule has 2 aromatic rings. The van der Waals surface area contributed by atoms with E-state index < -0.39 is 0 Å². The molecule has 90 valence electrons. The Morgan fingerprint density at radius 1 is 1.12 bits per heavy atom. The van der Waals surface area contributed by atoms with E-state index in [1.54, 1.807) is 12.5 Å². The zero-order chi connectivity index (χ0) is 12.1. The normalized spacial score (nSPS) is 12.6. The van der Waals surface area contributed by atoms with Gasteiger partial charge in [0.15, 0.2) is 0 Å². The molecular formula is C15H19NO. The fourth-order valence-corrected chi connectivity index (χ4v) is 2.04. The first-order chi connectivity index (χ1) is 8.29. The average molecular weight is 229 g/mol. The van der Waals surface area contributed by atoms with Gasteiger partial charge in [-0.2, -0.15) is 0 Å². The summed E-state index contributed by atoms with van der Waals surface area (Å²) in [6, 6.07) is 11.2. The number of hydrogen-bond acceptors (Lipinski definition) is 2. The monoisotopic (exact) mass is 229 g/mol. The third kappa shape index (κ3) is 3.21. The van der Waals surface area contributed by atoms with Gasteiger partial charge >= 0.3 is 0 Å². The van der Waals surface area contributed by atoms with Gasteiger partial charge in [-0.05, 0) is 37.1 Å². The fourth-order valence-electron chi connectivity index (χ4n) is 2.04. The molecule has 0 spiro atoms. The maximum Gasteiger partial charge on any atom is 0.0980 e. The Balaban J connectivity index is 2.03. The van der Waals surface area contributed by atoms with Gasteiger partial charge in [0.1, 0.15) is 0 Å².